The minimum atomic E-state index is 0.743. The van der Waals surface area contributed by atoms with E-state index in [4.69, 9.17) is 5.73 Å². The molecule has 0 spiro atoms. The first-order valence-electron chi connectivity index (χ1n) is 6.24. The van der Waals surface area contributed by atoms with Crippen molar-refractivity contribution >= 4 is 5.69 Å². The average molecular weight is 219 g/mol. The van der Waals surface area contributed by atoms with E-state index in [1.54, 1.807) is 6.20 Å². The van der Waals surface area contributed by atoms with Crippen LogP contribution in [0.25, 0.3) is 0 Å². The van der Waals surface area contributed by atoms with Gasteiger partial charge in [-0.3, -0.25) is 9.88 Å². The molecule has 1 aliphatic rings. The van der Waals surface area contributed by atoms with Gasteiger partial charge in [0.15, 0.2) is 0 Å². The summed E-state index contributed by atoms with van der Waals surface area (Å²) in [4.78, 5) is 6.90. The van der Waals surface area contributed by atoms with Gasteiger partial charge in [0.25, 0.3) is 0 Å². The first-order chi connectivity index (χ1) is 7.79. The lowest BCUT2D eigenvalue weighted by molar-refractivity contribution is 0.198. The SMILES string of the molecule is CCN(Cc1ccc(N)cn1)C1CCCC1. The maximum Gasteiger partial charge on any atom is 0.0545 e. The van der Waals surface area contributed by atoms with Crippen LogP contribution in [0.2, 0.25) is 0 Å². The van der Waals surface area contributed by atoms with Gasteiger partial charge < -0.3 is 5.73 Å². The molecule has 1 aromatic heterocycles. The van der Waals surface area contributed by atoms with Crippen LogP contribution in [0.5, 0.6) is 0 Å². The van der Waals surface area contributed by atoms with Crippen LogP contribution in [-0.2, 0) is 6.54 Å². The van der Waals surface area contributed by atoms with Crippen molar-refractivity contribution in [3.8, 4) is 0 Å². The van der Waals surface area contributed by atoms with Crippen LogP contribution in [0.15, 0.2) is 18.3 Å². The topological polar surface area (TPSA) is 42.1 Å². The molecule has 1 heterocycles. The smallest absolute Gasteiger partial charge is 0.0545 e. The fraction of sp³-hybridized carbons (Fsp3) is 0.615. The minimum absolute atomic E-state index is 0.743. The van der Waals surface area contributed by atoms with E-state index in [2.05, 4.69) is 16.8 Å². The number of nitrogens with two attached hydrogens (primary N) is 1. The second kappa shape index (κ2) is 5.30. The number of hydrogen-bond acceptors (Lipinski definition) is 3. The quantitative estimate of drug-likeness (QED) is 0.845. The zero-order valence-electron chi connectivity index (χ0n) is 10.0. The Morgan fingerprint density at radius 1 is 1.38 bits per heavy atom. The molecule has 1 aliphatic carbocycles. The Labute approximate surface area is 97.7 Å². The van der Waals surface area contributed by atoms with Crippen LogP contribution in [0, 0.1) is 0 Å². The van der Waals surface area contributed by atoms with Crippen molar-refractivity contribution in [2.45, 2.75) is 45.2 Å². The molecule has 3 heteroatoms. The lowest BCUT2D eigenvalue weighted by atomic mass is 10.2. The summed E-state index contributed by atoms with van der Waals surface area (Å²) in [5, 5.41) is 0. The number of anilines is 1. The zero-order valence-corrected chi connectivity index (χ0v) is 10.0. The average Bonchev–Trinajstić information content (AvgIpc) is 2.82. The Balaban J connectivity index is 1.97. The summed E-state index contributed by atoms with van der Waals surface area (Å²) in [5.41, 5.74) is 7.51. The maximum absolute atomic E-state index is 5.64. The fourth-order valence-corrected chi connectivity index (χ4v) is 2.51. The molecular formula is C13H21N3. The molecule has 0 radical (unpaired) electrons. The number of hydrogen-bond donors (Lipinski definition) is 1. The highest BCUT2D eigenvalue weighted by Gasteiger charge is 2.21. The first kappa shape index (κ1) is 11.4. The molecule has 88 valence electrons. The van der Waals surface area contributed by atoms with E-state index in [0.29, 0.717) is 0 Å². The largest absolute Gasteiger partial charge is 0.397 e. The van der Waals surface area contributed by atoms with Crippen LogP contribution in [0.1, 0.15) is 38.3 Å². The minimum Gasteiger partial charge on any atom is -0.397 e. The summed E-state index contributed by atoms with van der Waals surface area (Å²) in [5.74, 6) is 0. The van der Waals surface area contributed by atoms with Crippen molar-refractivity contribution in [3.63, 3.8) is 0 Å². The van der Waals surface area contributed by atoms with Crippen molar-refractivity contribution in [1.82, 2.24) is 9.88 Å². The molecule has 2 N–H and O–H groups in total. The van der Waals surface area contributed by atoms with E-state index in [1.165, 1.54) is 25.7 Å². The van der Waals surface area contributed by atoms with E-state index in [-0.39, 0.29) is 0 Å². The Bertz CT molecular complexity index is 314. The van der Waals surface area contributed by atoms with Crippen molar-refractivity contribution in [2.24, 2.45) is 0 Å². The van der Waals surface area contributed by atoms with E-state index >= 15 is 0 Å². The second-order valence-electron chi connectivity index (χ2n) is 4.58. The van der Waals surface area contributed by atoms with Gasteiger partial charge in [-0.05, 0) is 31.5 Å². The summed E-state index contributed by atoms with van der Waals surface area (Å²) in [6.45, 7) is 4.30. The van der Waals surface area contributed by atoms with Gasteiger partial charge in [0, 0.05) is 12.6 Å². The van der Waals surface area contributed by atoms with E-state index in [9.17, 15) is 0 Å². The van der Waals surface area contributed by atoms with Crippen molar-refractivity contribution in [1.29, 1.82) is 0 Å². The molecule has 2 rings (SSSR count). The molecule has 0 bridgehead atoms. The van der Waals surface area contributed by atoms with Crippen molar-refractivity contribution in [3.05, 3.63) is 24.0 Å². The molecule has 0 atom stereocenters. The Kier molecular flexibility index (Phi) is 3.78. The fourth-order valence-electron chi connectivity index (χ4n) is 2.51. The number of pyridine rings is 1. The van der Waals surface area contributed by atoms with Gasteiger partial charge in [-0.25, -0.2) is 0 Å². The molecule has 0 saturated heterocycles. The predicted octanol–water partition coefficient (Wildman–Crippen LogP) is 2.43. The normalized spacial score (nSPS) is 17.1. The third-order valence-electron chi connectivity index (χ3n) is 3.46. The summed E-state index contributed by atoms with van der Waals surface area (Å²) in [6.07, 6.45) is 7.22. The summed E-state index contributed by atoms with van der Waals surface area (Å²) in [7, 11) is 0. The highest BCUT2D eigenvalue weighted by atomic mass is 15.2. The molecule has 0 aromatic carbocycles. The highest BCUT2D eigenvalue weighted by Crippen LogP contribution is 2.24. The van der Waals surface area contributed by atoms with Gasteiger partial charge in [0.1, 0.15) is 0 Å². The van der Waals surface area contributed by atoms with E-state index in [1.807, 2.05) is 12.1 Å². The standard InChI is InChI=1S/C13H21N3/c1-2-16(13-5-3-4-6-13)10-12-8-7-11(14)9-15-12/h7-9,13H,2-6,10,14H2,1H3. The Morgan fingerprint density at radius 2 is 2.12 bits per heavy atom. The molecule has 1 saturated carbocycles. The van der Waals surface area contributed by atoms with Crippen LogP contribution < -0.4 is 5.73 Å². The van der Waals surface area contributed by atoms with Crippen LogP contribution in [0.4, 0.5) is 5.69 Å². The van der Waals surface area contributed by atoms with Crippen molar-refractivity contribution < 1.29 is 0 Å². The van der Waals surface area contributed by atoms with Crippen LogP contribution in [-0.4, -0.2) is 22.5 Å². The van der Waals surface area contributed by atoms with Gasteiger partial charge in [-0.2, -0.15) is 0 Å². The summed E-state index contributed by atoms with van der Waals surface area (Å²) >= 11 is 0. The number of nitrogen functional groups attached to an aromatic ring is 1. The summed E-state index contributed by atoms with van der Waals surface area (Å²) < 4.78 is 0. The molecule has 0 aliphatic heterocycles. The highest BCUT2D eigenvalue weighted by molar-refractivity contribution is 5.34. The maximum atomic E-state index is 5.64. The van der Waals surface area contributed by atoms with Gasteiger partial charge in [-0.1, -0.05) is 19.8 Å². The zero-order chi connectivity index (χ0) is 11.4. The van der Waals surface area contributed by atoms with Gasteiger partial charge in [-0.15, -0.1) is 0 Å². The molecule has 0 unspecified atom stereocenters. The third-order valence-corrected chi connectivity index (χ3v) is 3.46. The summed E-state index contributed by atoms with van der Waals surface area (Å²) in [6, 6.07) is 4.74. The van der Waals surface area contributed by atoms with Gasteiger partial charge >= 0.3 is 0 Å². The first-order valence-corrected chi connectivity index (χ1v) is 6.24. The van der Waals surface area contributed by atoms with Crippen LogP contribution >= 0.6 is 0 Å². The predicted molar refractivity (Wildman–Crippen MR) is 67.0 cm³/mol. The lowest BCUT2D eigenvalue weighted by Gasteiger charge is -2.26. The third kappa shape index (κ3) is 2.73. The van der Waals surface area contributed by atoms with E-state index in [0.717, 1.165) is 30.5 Å². The number of nitrogens with zero attached hydrogens (tertiary/aromatic N) is 2. The molecule has 3 nitrogen and oxygen atoms in total. The monoisotopic (exact) mass is 219 g/mol. The molecular weight excluding hydrogens is 198 g/mol. The van der Waals surface area contributed by atoms with Gasteiger partial charge in [0.05, 0.1) is 17.6 Å². The lowest BCUT2D eigenvalue weighted by Crippen LogP contribution is -2.32. The number of rotatable bonds is 4. The number of aromatic nitrogens is 1. The molecule has 0 amide bonds. The Morgan fingerprint density at radius 3 is 2.69 bits per heavy atom. The van der Waals surface area contributed by atoms with Crippen molar-refractivity contribution in [2.75, 3.05) is 12.3 Å². The molecule has 1 aromatic rings. The second-order valence-corrected chi connectivity index (χ2v) is 4.58. The molecule has 16 heavy (non-hydrogen) atoms. The van der Waals surface area contributed by atoms with Crippen LogP contribution in [0.3, 0.4) is 0 Å². The van der Waals surface area contributed by atoms with E-state index < -0.39 is 0 Å². The van der Waals surface area contributed by atoms with Gasteiger partial charge in [0.2, 0.25) is 0 Å². The Hall–Kier alpha value is -1.09. The molecule has 1 fully saturated rings.